The van der Waals surface area contributed by atoms with E-state index < -0.39 is 0 Å². The molecule has 0 aliphatic heterocycles. The summed E-state index contributed by atoms with van der Waals surface area (Å²) in [7, 11) is 0. The fraction of sp³-hybridized carbons (Fsp3) is 0.273. The lowest BCUT2D eigenvalue weighted by Gasteiger charge is -2.31. The molecule has 0 fully saturated rings. The van der Waals surface area contributed by atoms with Crippen molar-refractivity contribution < 1.29 is 0 Å². The van der Waals surface area contributed by atoms with Gasteiger partial charge in [0, 0.05) is 16.5 Å². The monoisotopic (exact) mass is 441 g/mol. The van der Waals surface area contributed by atoms with E-state index in [-0.39, 0.29) is 5.41 Å². The zero-order valence-corrected chi connectivity index (χ0v) is 20.1. The molecule has 1 heteroatoms. The molecule has 4 aliphatic carbocycles. The van der Waals surface area contributed by atoms with Gasteiger partial charge in [0.15, 0.2) is 0 Å². The van der Waals surface area contributed by atoms with Crippen molar-refractivity contribution in [3.63, 3.8) is 0 Å². The lowest BCUT2D eigenvalue weighted by atomic mass is 9.73. The van der Waals surface area contributed by atoms with Crippen LogP contribution in [0.3, 0.4) is 0 Å². The Morgan fingerprint density at radius 3 is 2.68 bits per heavy atom. The predicted molar refractivity (Wildman–Crippen MR) is 145 cm³/mol. The van der Waals surface area contributed by atoms with E-state index >= 15 is 0 Å². The average Bonchev–Trinajstić information content (AvgIpc) is 3.33. The Labute approximate surface area is 202 Å². The Balaban J connectivity index is 1.38. The first-order valence-corrected chi connectivity index (χ1v) is 12.8. The van der Waals surface area contributed by atoms with Crippen LogP contribution in [0.4, 0.5) is 0 Å². The average molecular weight is 442 g/mol. The molecule has 1 aromatic heterocycles. The molecule has 1 unspecified atom stereocenters. The van der Waals surface area contributed by atoms with Gasteiger partial charge in [0.05, 0.1) is 11.0 Å². The summed E-state index contributed by atoms with van der Waals surface area (Å²) in [6.45, 7) is 4.91. The standard InChI is InChI=1S/C33H31N/c1-33(2)29-14-8-6-12-25(29)26-18-16-23(21-30(26)33)22-17-19-32-28(20-22)27-13-7-9-15-31(27)34(32)24-10-4-3-5-11-24/h4,6-13,15,17,19-21,29H,3,5,14,16,18H2,1-2H3. The van der Waals surface area contributed by atoms with Gasteiger partial charge in [0.1, 0.15) is 0 Å². The molecule has 1 heterocycles. The first-order valence-electron chi connectivity index (χ1n) is 12.8. The zero-order valence-electron chi connectivity index (χ0n) is 20.1. The second kappa shape index (κ2) is 7.34. The summed E-state index contributed by atoms with van der Waals surface area (Å²) in [5, 5.41) is 2.71. The highest BCUT2D eigenvalue weighted by molar-refractivity contribution is 6.11. The summed E-state index contributed by atoms with van der Waals surface area (Å²) in [4.78, 5) is 0. The van der Waals surface area contributed by atoms with Gasteiger partial charge in [-0.05, 0) is 95.6 Å². The van der Waals surface area contributed by atoms with Crippen molar-refractivity contribution in [1.82, 2.24) is 4.57 Å². The Bertz CT molecular complexity index is 1540. The molecule has 0 saturated carbocycles. The molecule has 34 heavy (non-hydrogen) atoms. The number of para-hydroxylation sites is 1. The van der Waals surface area contributed by atoms with Crippen molar-refractivity contribution in [2.75, 3.05) is 0 Å². The number of nitrogens with zero attached hydrogens (tertiary/aromatic N) is 1. The molecule has 0 N–H and O–H groups in total. The second-order valence-electron chi connectivity index (χ2n) is 10.8. The van der Waals surface area contributed by atoms with E-state index in [9.17, 15) is 0 Å². The zero-order chi connectivity index (χ0) is 22.9. The smallest absolute Gasteiger partial charge is 0.0541 e. The van der Waals surface area contributed by atoms with Crippen molar-refractivity contribution in [3.8, 4) is 0 Å². The van der Waals surface area contributed by atoms with E-state index in [0.29, 0.717) is 5.92 Å². The fourth-order valence-electron chi connectivity index (χ4n) is 6.86. The van der Waals surface area contributed by atoms with Crippen LogP contribution >= 0.6 is 0 Å². The molecule has 1 atom stereocenters. The number of rotatable bonds is 2. The van der Waals surface area contributed by atoms with E-state index in [1.54, 1.807) is 16.7 Å². The predicted octanol–water partition coefficient (Wildman–Crippen LogP) is 9.00. The highest BCUT2D eigenvalue weighted by atomic mass is 15.0. The number of allylic oxidation sites excluding steroid dienone is 12. The van der Waals surface area contributed by atoms with Crippen molar-refractivity contribution in [3.05, 3.63) is 107 Å². The molecule has 0 amide bonds. The summed E-state index contributed by atoms with van der Waals surface area (Å²) < 4.78 is 2.45. The molecule has 0 radical (unpaired) electrons. The SMILES string of the molecule is CC1(C)C2=C(CCC(c3ccc4c(c3)c3ccccc3n4C3=CCCC=C3)=C2)C2=CC=CCC21. The first kappa shape index (κ1) is 20.1. The Hall–Kier alpha value is -3.32. The van der Waals surface area contributed by atoms with Crippen molar-refractivity contribution in [1.29, 1.82) is 0 Å². The van der Waals surface area contributed by atoms with E-state index in [0.717, 1.165) is 25.7 Å². The van der Waals surface area contributed by atoms with Gasteiger partial charge in [-0.1, -0.05) is 74.6 Å². The maximum Gasteiger partial charge on any atom is 0.0541 e. The van der Waals surface area contributed by atoms with Gasteiger partial charge in [-0.3, -0.25) is 0 Å². The lowest BCUT2D eigenvalue weighted by molar-refractivity contribution is 0.336. The van der Waals surface area contributed by atoms with Crippen LogP contribution in [0.15, 0.2) is 102 Å². The number of aromatic nitrogens is 1. The van der Waals surface area contributed by atoms with Gasteiger partial charge < -0.3 is 4.57 Å². The first-order chi connectivity index (χ1) is 16.6. The molecule has 0 spiro atoms. The molecule has 2 aromatic carbocycles. The normalized spacial score (nSPS) is 23.1. The second-order valence-corrected chi connectivity index (χ2v) is 10.8. The molecular weight excluding hydrogens is 410 g/mol. The summed E-state index contributed by atoms with van der Waals surface area (Å²) in [6, 6.07) is 16.0. The summed E-state index contributed by atoms with van der Waals surface area (Å²) in [5.74, 6) is 0.635. The van der Waals surface area contributed by atoms with Crippen LogP contribution in [0.1, 0.15) is 51.5 Å². The number of benzene rings is 2. The van der Waals surface area contributed by atoms with E-state index in [4.69, 9.17) is 0 Å². The molecule has 0 saturated heterocycles. The van der Waals surface area contributed by atoms with Crippen LogP contribution in [0.2, 0.25) is 0 Å². The van der Waals surface area contributed by atoms with Crippen molar-refractivity contribution in [2.45, 2.75) is 46.0 Å². The van der Waals surface area contributed by atoms with Gasteiger partial charge in [-0.2, -0.15) is 0 Å². The van der Waals surface area contributed by atoms with Gasteiger partial charge in [-0.15, -0.1) is 0 Å². The third kappa shape index (κ3) is 2.79. The fourth-order valence-corrected chi connectivity index (χ4v) is 6.86. The lowest BCUT2D eigenvalue weighted by Crippen LogP contribution is -2.22. The van der Waals surface area contributed by atoms with E-state index in [2.05, 4.69) is 103 Å². The van der Waals surface area contributed by atoms with Crippen LogP contribution in [-0.4, -0.2) is 4.57 Å². The van der Waals surface area contributed by atoms with E-state index in [1.165, 1.54) is 45.1 Å². The van der Waals surface area contributed by atoms with Crippen LogP contribution in [0.25, 0.3) is 33.1 Å². The Morgan fingerprint density at radius 2 is 1.79 bits per heavy atom. The van der Waals surface area contributed by atoms with Crippen molar-refractivity contribution >= 4 is 33.1 Å². The molecule has 1 nitrogen and oxygen atoms in total. The maximum atomic E-state index is 2.55. The summed E-state index contributed by atoms with van der Waals surface area (Å²) in [6.07, 6.45) is 22.2. The highest BCUT2D eigenvalue weighted by Crippen LogP contribution is 2.57. The Kier molecular flexibility index (Phi) is 4.34. The van der Waals surface area contributed by atoms with Crippen LogP contribution in [0.5, 0.6) is 0 Å². The number of fused-ring (bicyclic) bond motifs is 5. The third-order valence-corrected chi connectivity index (χ3v) is 8.64. The van der Waals surface area contributed by atoms with Crippen LogP contribution in [0, 0.1) is 11.3 Å². The van der Waals surface area contributed by atoms with Gasteiger partial charge in [-0.25, -0.2) is 0 Å². The minimum Gasteiger partial charge on any atom is -0.310 e. The molecule has 168 valence electrons. The minimum atomic E-state index is 0.206. The third-order valence-electron chi connectivity index (χ3n) is 8.64. The summed E-state index contributed by atoms with van der Waals surface area (Å²) in [5.41, 5.74) is 11.8. The minimum absolute atomic E-state index is 0.206. The largest absolute Gasteiger partial charge is 0.310 e. The maximum absolute atomic E-state index is 2.55. The topological polar surface area (TPSA) is 4.93 Å². The van der Waals surface area contributed by atoms with E-state index in [1.807, 2.05) is 0 Å². The quantitative estimate of drug-likeness (QED) is 0.374. The van der Waals surface area contributed by atoms with Crippen LogP contribution < -0.4 is 0 Å². The molecular formula is C33H31N. The Morgan fingerprint density at radius 1 is 0.912 bits per heavy atom. The van der Waals surface area contributed by atoms with Crippen molar-refractivity contribution in [2.24, 2.45) is 11.3 Å². The molecule has 7 rings (SSSR count). The van der Waals surface area contributed by atoms with Gasteiger partial charge >= 0.3 is 0 Å². The van der Waals surface area contributed by atoms with Gasteiger partial charge in [0.2, 0.25) is 0 Å². The molecule has 3 aromatic rings. The van der Waals surface area contributed by atoms with Crippen LogP contribution in [-0.2, 0) is 0 Å². The van der Waals surface area contributed by atoms with Gasteiger partial charge in [0.25, 0.3) is 0 Å². The highest BCUT2D eigenvalue weighted by Gasteiger charge is 2.44. The molecule has 0 bridgehead atoms. The molecule has 4 aliphatic rings. The summed E-state index contributed by atoms with van der Waals surface area (Å²) >= 11 is 0. The number of hydrogen-bond acceptors (Lipinski definition) is 0. The number of hydrogen-bond donors (Lipinski definition) is 0.